The molecule has 0 fully saturated rings. The molecule has 0 saturated heterocycles. The molecule has 8 heteroatoms. The summed E-state index contributed by atoms with van der Waals surface area (Å²) < 4.78 is 5.63. The molecule has 7 nitrogen and oxygen atoms in total. The van der Waals surface area contributed by atoms with Gasteiger partial charge in [0.1, 0.15) is 11.5 Å². The molecule has 0 atom stereocenters. The van der Waals surface area contributed by atoms with Crippen LogP contribution in [0, 0.1) is 0 Å². The minimum absolute atomic E-state index is 0.283. The second-order valence-corrected chi connectivity index (χ2v) is 4.25. The molecule has 0 spiro atoms. The van der Waals surface area contributed by atoms with Crippen LogP contribution < -0.4 is 5.43 Å². The van der Waals surface area contributed by atoms with Crippen LogP contribution in [0.4, 0.5) is 5.95 Å². The standard InChI is InChI=1S/C12H9ClN6O/c13-9-3-1-8(2-4-9)11-6-5-10(20-11)7-14-15-12-16-18-19-17-12/h1-7H,(H2,15,16,17,18,19)/b14-7-. The quantitative estimate of drug-likeness (QED) is 0.568. The predicted octanol–water partition coefficient (Wildman–Crippen LogP) is 2.56. The van der Waals surface area contributed by atoms with Crippen LogP contribution >= 0.6 is 11.6 Å². The van der Waals surface area contributed by atoms with Gasteiger partial charge in [0.2, 0.25) is 0 Å². The lowest BCUT2D eigenvalue weighted by molar-refractivity contribution is 0.575. The van der Waals surface area contributed by atoms with Gasteiger partial charge < -0.3 is 4.42 Å². The molecule has 0 bridgehead atoms. The molecule has 1 aromatic carbocycles. The van der Waals surface area contributed by atoms with Crippen LogP contribution in [-0.2, 0) is 0 Å². The topological polar surface area (TPSA) is 92.0 Å². The summed E-state index contributed by atoms with van der Waals surface area (Å²) in [5.74, 6) is 1.62. The Hall–Kier alpha value is -2.67. The molecule has 0 radical (unpaired) electrons. The molecule has 0 aliphatic heterocycles. The molecule has 0 saturated carbocycles. The highest BCUT2D eigenvalue weighted by Gasteiger charge is 2.03. The lowest BCUT2D eigenvalue weighted by Crippen LogP contribution is -1.91. The van der Waals surface area contributed by atoms with Gasteiger partial charge in [0, 0.05) is 10.6 Å². The van der Waals surface area contributed by atoms with E-state index >= 15 is 0 Å². The SMILES string of the molecule is Clc1ccc(-c2ccc(/C=N\Nc3nn[nH]n3)o2)cc1. The number of hydrogen-bond donors (Lipinski definition) is 2. The van der Waals surface area contributed by atoms with E-state index in [-0.39, 0.29) is 5.95 Å². The minimum atomic E-state index is 0.283. The number of nitrogens with one attached hydrogen (secondary N) is 2. The average molecular weight is 289 g/mol. The van der Waals surface area contributed by atoms with Crippen molar-refractivity contribution in [3.63, 3.8) is 0 Å². The van der Waals surface area contributed by atoms with Crippen molar-refractivity contribution in [3.05, 3.63) is 47.2 Å². The average Bonchev–Trinajstić information content (AvgIpc) is 3.11. The number of aromatic nitrogens is 4. The van der Waals surface area contributed by atoms with Crippen molar-refractivity contribution < 1.29 is 4.42 Å². The number of benzene rings is 1. The molecule has 100 valence electrons. The highest BCUT2D eigenvalue weighted by atomic mass is 35.5. The van der Waals surface area contributed by atoms with Gasteiger partial charge in [-0.15, -0.1) is 5.10 Å². The molecule has 3 aromatic rings. The highest BCUT2D eigenvalue weighted by Crippen LogP contribution is 2.23. The van der Waals surface area contributed by atoms with E-state index in [2.05, 4.69) is 31.2 Å². The molecule has 2 aromatic heterocycles. The predicted molar refractivity (Wildman–Crippen MR) is 74.5 cm³/mol. The van der Waals surface area contributed by atoms with E-state index in [4.69, 9.17) is 16.0 Å². The summed E-state index contributed by atoms with van der Waals surface area (Å²) in [5.41, 5.74) is 3.55. The Balaban J connectivity index is 1.70. The zero-order chi connectivity index (χ0) is 13.8. The van der Waals surface area contributed by atoms with Gasteiger partial charge in [-0.05, 0) is 41.6 Å². The smallest absolute Gasteiger partial charge is 0.283 e. The van der Waals surface area contributed by atoms with E-state index in [0.29, 0.717) is 10.8 Å². The minimum Gasteiger partial charge on any atom is -0.455 e. The van der Waals surface area contributed by atoms with Gasteiger partial charge in [0.15, 0.2) is 0 Å². The summed E-state index contributed by atoms with van der Waals surface area (Å²) in [7, 11) is 0. The first-order valence-electron chi connectivity index (χ1n) is 5.69. The van der Waals surface area contributed by atoms with Crippen LogP contribution in [0.1, 0.15) is 5.76 Å². The van der Waals surface area contributed by atoms with Crippen molar-refractivity contribution in [1.29, 1.82) is 0 Å². The molecule has 0 amide bonds. The van der Waals surface area contributed by atoms with E-state index in [1.807, 2.05) is 36.4 Å². The normalized spacial score (nSPS) is 11.1. The summed E-state index contributed by atoms with van der Waals surface area (Å²) >= 11 is 5.84. The van der Waals surface area contributed by atoms with Crippen LogP contribution in [0.2, 0.25) is 5.02 Å². The Morgan fingerprint density at radius 3 is 2.80 bits per heavy atom. The van der Waals surface area contributed by atoms with E-state index < -0.39 is 0 Å². The first-order valence-corrected chi connectivity index (χ1v) is 6.07. The van der Waals surface area contributed by atoms with E-state index in [0.717, 1.165) is 11.3 Å². The van der Waals surface area contributed by atoms with E-state index in [9.17, 15) is 0 Å². The molecular formula is C12H9ClN6O. The fraction of sp³-hybridized carbons (Fsp3) is 0. The lowest BCUT2D eigenvalue weighted by atomic mass is 10.2. The fourth-order valence-electron chi connectivity index (χ4n) is 1.55. The van der Waals surface area contributed by atoms with Crippen LogP contribution in [0.15, 0.2) is 45.9 Å². The maximum absolute atomic E-state index is 5.84. The zero-order valence-electron chi connectivity index (χ0n) is 10.1. The van der Waals surface area contributed by atoms with Gasteiger partial charge in [0.25, 0.3) is 5.95 Å². The third kappa shape index (κ3) is 2.83. The number of hydrazone groups is 1. The Morgan fingerprint density at radius 1 is 1.20 bits per heavy atom. The van der Waals surface area contributed by atoms with Gasteiger partial charge in [0.05, 0.1) is 6.21 Å². The first-order chi connectivity index (χ1) is 9.81. The van der Waals surface area contributed by atoms with Crippen molar-refractivity contribution in [2.24, 2.45) is 5.10 Å². The van der Waals surface area contributed by atoms with Crippen molar-refractivity contribution in [3.8, 4) is 11.3 Å². The van der Waals surface area contributed by atoms with E-state index in [1.54, 1.807) is 0 Å². The number of halogens is 1. The highest BCUT2D eigenvalue weighted by molar-refractivity contribution is 6.30. The van der Waals surface area contributed by atoms with Crippen molar-refractivity contribution in [2.75, 3.05) is 5.43 Å². The Kier molecular flexibility index (Phi) is 3.42. The Labute approximate surface area is 118 Å². The van der Waals surface area contributed by atoms with Crippen LogP contribution in [0.5, 0.6) is 0 Å². The summed E-state index contributed by atoms with van der Waals surface area (Å²) in [4.78, 5) is 0. The van der Waals surface area contributed by atoms with Crippen molar-refractivity contribution in [2.45, 2.75) is 0 Å². The molecule has 20 heavy (non-hydrogen) atoms. The second kappa shape index (κ2) is 5.54. The third-order valence-electron chi connectivity index (χ3n) is 2.46. The molecule has 3 rings (SSSR count). The number of tetrazole rings is 1. The molecule has 0 aliphatic rings. The number of rotatable bonds is 4. The van der Waals surface area contributed by atoms with Gasteiger partial charge in [-0.25, -0.2) is 5.43 Å². The van der Waals surface area contributed by atoms with Crippen molar-refractivity contribution in [1.82, 2.24) is 20.6 Å². The number of nitrogens with zero attached hydrogens (tertiary/aromatic N) is 4. The fourth-order valence-corrected chi connectivity index (χ4v) is 1.68. The Bertz CT molecular complexity index is 704. The second-order valence-electron chi connectivity index (χ2n) is 3.81. The van der Waals surface area contributed by atoms with Crippen molar-refractivity contribution >= 4 is 23.8 Å². The van der Waals surface area contributed by atoms with Gasteiger partial charge in [-0.2, -0.15) is 10.3 Å². The number of H-pyrrole nitrogens is 1. The molecule has 2 heterocycles. The number of aromatic amines is 1. The Morgan fingerprint density at radius 2 is 2.05 bits per heavy atom. The van der Waals surface area contributed by atoms with Crippen LogP contribution in [0.3, 0.4) is 0 Å². The number of hydrogen-bond acceptors (Lipinski definition) is 6. The zero-order valence-corrected chi connectivity index (χ0v) is 10.9. The summed E-state index contributed by atoms with van der Waals surface area (Å²) in [6.45, 7) is 0. The molecular weight excluding hydrogens is 280 g/mol. The number of anilines is 1. The largest absolute Gasteiger partial charge is 0.455 e. The lowest BCUT2D eigenvalue weighted by Gasteiger charge is -1.96. The van der Waals surface area contributed by atoms with Gasteiger partial charge in [-0.3, -0.25) is 0 Å². The maximum Gasteiger partial charge on any atom is 0.283 e. The molecule has 0 aliphatic carbocycles. The first kappa shape index (κ1) is 12.4. The summed E-state index contributed by atoms with van der Waals surface area (Å²) in [5, 5.41) is 17.7. The molecule has 2 N–H and O–H groups in total. The summed E-state index contributed by atoms with van der Waals surface area (Å²) in [6, 6.07) is 11.1. The van der Waals surface area contributed by atoms with Gasteiger partial charge >= 0.3 is 0 Å². The molecule has 0 unspecified atom stereocenters. The third-order valence-corrected chi connectivity index (χ3v) is 2.71. The number of furan rings is 1. The van der Waals surface area contributed by atoms with Crippen LogP contribution in [0.25, 0.3) is 11.3 Å². The maximum atomic E-state index is 5.84. The summed E-state index contributed by atoms with van der Waals surface area (Å²) in [6.07, 6.45) is 1.52. The van der Waals surface area contributed by atoms with Gasteiger partial charge in [-0.1, -0.05) is 16.7 Å². The van der Waals surface area contributed by atoms with Crippen LogP contribution in [-0.4, -0.2) is 26.8 Å². The monoisotopic (exact) mass is 288 g/mol. The van der Waals surface area contributed by atoms with E-state index in [1.165, 1.54) is 6.21 Å².